The lowest BCUT2D eigenvalue weighted by molar-refractivity contribution is -0.121. The number of carbonyl (C=O) groups is 1. The van der Waals surface area contributed by atoms with Gasteiger partial charge in [-0.3, -0.25) is 4.79 Å². The topological polar surface area (TPSA) is 75.4 Å². The lowest BCUT2D eigenvalue weighted by atomic mass is 10.0. The van der Waals surface area contributed by atoms with Gasteiger partial charge in [0.15, 0.2) is 0 Å². The largest absolute Gasteiger partial charge is 0.396 e. The molecule has 5 heteroatoms. The highest BCUT2D eigenvalue weighted by Crippen LogP contribution is 2.35. The molecule has 0 aromatic heterocycles. The predicted octanol–water partition coefficient (Wildman–Crippen LogP) is 2.34. The summed E-state index contributed by atoms with van der Waals surface area (Å²) in [5, 5.41) is 11.7. The average Bonchev–Trinajstić information content (AvgIpc) is 2.63. The van der Waals surface area contributed by atoms with Gasteiger partial charge in [0, 0.05) is 18.9 Å². The predicted molar refractivity (Wildman–Crippen MR) is 99.9 cm³/mol. The molecule has 2 rings (SSSR count). The SMILES string of the molecule is N[C@@H](CSC(c1ccccc1)c1ccccc1)C(=O)NCCCO. The Hall–Kier alpha value is -1.82. The zero-order valence-electron chi connectivity index (χ0n) is 13.6. The van der Waals surface area contributed by atoms with Gasteiger partial charge in [-0.25, -0.2) is 0 Å². The standard InChI is InChI=1S/C19H24N2O2S/c20-17(19(23)21-12-7-13-22)14-24-18(15-8-3-1-4-9-15)16-10-5-2-6-11-16/h1-6,8-11,17-18,22H,7,12-14,20H2,(H,21,23)/t17-/m0/s1. The fourth-order valence-electron chi connectivity index (χ4n) is 2.34. The first-order chi connectivity index (χ1) is 11.7. The van der Waals surface area contributed by atoms with Crippen molar-refractivity contribution < 1.29 is 9.90 Å². The third-order valence-corrected chi connectivity index (χ3v) is 5.05. The van der Waals surface area contributed by atoms with Crippen LogP contribution < -0.4 is 11.1 Å². The first-order valence-corrected chi connectivity index (χ1v) is 9.13. The van der Waals surface area contributed by atoms with E-state index in [4.69, 9.17) is 10.8 Å². The van der Waals surface area contributed by atoms with Crippen LogP contribution in [-0.4, -0.2) is 36.0 Å². The summed E-state index contributed by atoms with van der Waals surface area (Å²) in [6, 6.07) is 19.9. The molecule has 0 fully saturated rings. The molecule has 0 bridgehead atoms. The third kappa shape index (κ3) is 5.67. The monoisotopic (exact) mass is 344 g/mol. The first kappa shape index (κ1) is 18.5. The van der Waals surface area contributed by atoms with Gasteiger partial charge in [-0.1, -0.05) is 60.7 Å². The van der Waals surface area contributed by atoms with Crippen LogP contribution in [0.1, 0.15) is 22.8 Å². The van der Waals surface area contributed by atoms with Gasteiger partial charge in [0.1, 0.15) is 0 Å². The van der Waals surface area contributed by atoms with Crippen LogP contribution in [0.3, 0.4) is 0 Å². The highest BCUT2D eigenvalue weighted by atomic mass is 32.2. The van der Waals surface area contributed by atoms with Crippen molar-refractivity contribution in [1.29, 1.82) is 0 Å². The summed E-state index contributed by atoms with van der Waals surface area (Å²) in [5.41, 5.74) is 8.40. The smallest absolute Gasteiger partial charge is 0.237 e. The number of carbonyl (C=O) groups excluding carboxylic acids is 1. The Kier molecular flexibility index (Phi) is 7.82. The molecule has 0 aliphatic carbocycles. The second-order valence-electron chi connectivity index (χ2n) is 5.51. The summed E-state index contributed by atoms with van der Waals surface area (Å²) in [6.07, 6.45) is 0.544. The van der Waals surface area contributed by atoms with E-state index in [-0.39, 0.29) is 17.8 Å². The van der Waals surface area contributed by atoms with Crippen molar-refractivity contribution in [2.75, 3.05) is 18.9 Å². The highest BCUT2D eigenvalue weighted by Gasteiger charge is 2.19. The van der Waals surface area contributed by atoms with Crippen molar-refractivity contribution in [2.24, 2.45) is 5.73 Å². The van der Waals surface area contributed by atoms with E-state index in [1.54, 1.807) is 11.8 Å². The fraction of sp³-hybridized carbons (Fsp3) is 0.316. The van der Waals surface area contributed by atoms with Crippen molar-refractivity contribution in [3.05, 3.63) is 71.8 Å². The van der Waals surface area contributed by atoms with Crippen LogP contribution in [0.25, 0.3) is 0 Å². The number of rotatable bonds is 9. The summed E-state index contributed by atoms with van der Waals surface area (Å²) < 4.78 is 0. The molecule has 1 amide bonds. The molecule has 0 aliphatic rings. The van der Waals surface area contributed by atoms with Crippen molar-refractivity contribution in [3.8, 4) is 0 Å². The van der Waals surface area contributed by atoms with E-state index in [1.807, 2.05) is 36.4 Å². The van der Waals surface area contributed by atoms with Gasteiger partial charge in [0.25, 0.3) is 0 Å². The summed E-state index contributed by atoms with van der Waals surface area (Å²) in [6.45, 7) is 0.517. The molecule has 0 radical (unpaired) electrons. The van der Waals surface area contributed by atoms with Crippen LogP contribution >= 0.6 is 11.8 Å². The molecule has 0 aliphatic heterocycles. The van der Waals surface area contributed by atoms with Crippen molar-refractivity contribution in [1.82, 2.24) is 5.32 Å². The molecule has 0 saturated carbocycles. The molecule has 0 spiro atoms. The lowest BCUT2D eigenvalue weighted by Gasteiger charge is -2.20. The molecule has 128 valence electrons. The minimum absolute atomic E-state index is 0.0638. The Bertz CT molecular complexity index is 568. The minimum Gasteiger partial charge on any atom is -0.396 e. The van der Waals surface area contributed by atoms with Crippen molar-refractivity contribution >= 4 is 17.7 Å². The van der Waals surface area contributed by atoms with Gasteiger partial charge in [-0.2, -0.15) is 0 Å². The molecule has 24 heavy (non-hydrogen) atoms. The van der Waals surface area contributed by atoms with Gasteiger partial charge in [0.05, 0.1) is 11.3 Å². The normalized spacial score (nSPS) is 12.1. The van der Waals surface area contributed by atoms with E-state index in [1.165, 1.54) is 11.1 Å². The Morgan fingerprint density at radius 1 is 1.04 bits per heavy atom. The number of benzene rings is 2. The zero-order chi connectivity index (χ0) is 17.2. The Morgan fingerprint density at radius 2 is 1.58 bits per heavy atom. The Balaban J connectivity index is 2.00. The third-order valence-electron chi connectivity index (χ3n) is 3.62. The second kappa shape index (κ2) is 10.1. The van der Waals surface area contributed by atoms with Crippen LogP contribution in [0.4, 0.5) is 0 Å². The van der Waals surface area contributed by atoms with Crippen molar-refractivity contribution in [3.63, 3.8) is 0 Å². The van der Waals surface area contributed by atoms with Gasteiger partial charge < -0.3 is 16.2 Å². The molecule has 4 N–H and O–H groups in total. The zero-order valence-corrected chi connectivity index (χ0v) is 14.4. The highest BCUT2D eigenvalue weighted by molar-refractivity contribution is 7.99. The molecule has 4 nitrogen and oxygen atoms in total. The quantitative estimate of drug-likeness (QED) is 0.610. The number of aliphatic hydroxyl groups is 1. The Morgan fingerprint density at radius 3 is 2.08 bits per heavy atom. The van der Waals surface area contributed by atoms with E-state index < -0.39 is 6.04 Å². The lowest BCUT2D eigenvalue weighted by Crippen LogP contribution is -2.42. The summed E-state index contributed by atoms with van der Waals surface area (Å²) in [7, 11) is 0. The van der Waals surface area contributed by atoms with Crippen molar-refractivity contribution in [2.45, 2.75) is 17.7 Å². The van der Waals surface area contributed by atoms with Crippen LogP contribution in [-0.2, 0) is 4.79 Å². The number of hydrogen-bond acceptors (Lipinski definition) is 4. The van der Waals surface area contributed by atoms with Gasteiger partial charge in [0.2, 0.25) is 5.91 Å². The fourth-order valence-corrected chi connectivity index (χ4v) is 3.59. The first-order valence-electron chi connectivity index (χ1n) is 8.08. The molecule has 0 unspecified atom stereocenters. The van der Waals surface area contributed by atoms with Gasteiger partial charge >= 0.3 is 0 Å². The number of hydrogen-bond donors (Lipinski definition) is 3. The number of amides is 1. The Labute approximate surface area is 147 Å². The maximum absolute atomic E-state index is 12.0. The molecule has 2 aromatic rings. The summed E-state index contributed by atoms with van der Waals surface area (Å²) in [5.74, 6) is 0.357. The van der Waals surface area contributed by atoms with E-state index in [9.17, 15) is 4.79 Å². The molecule has 2 aromatic carbocycles. The molecular formula is C19H24N2O2S. The summed E-state index contributed by atoms with van der Waals surface area (Å²) in [4.78, 5) is 12.0. The number of aliphatic hydroxyl groups excluding tert-OH is 1. The summed E-state index contributed by atoms with van der Waals surface area (Å²) >= 11 is 1.67. The molecule has 0 heterocycles. The van der Waals surface area contributed by atoms with E-state index in [0.717, 1.165) is 0 Å². The maximum Gasteiger partial charge on any atom is 0.237 e. The van der Waals surface area contributed by atoms with Gasteiger partial charge in [-0.15, -0.1) is 11.8 Å². The molecule has 1 atom stereocenters. The van der Waals surface area contributed by atoms with Crippen LogP contribution in [0.5, 0.6) is 0 Å². The number of thioether (sulfide) groups is 1. The van der Waals surface area contributed by atoms with Gasteiger partial charge in [-0.05, 0) is 17.5 Å². The van der Waals surface area contributed by atoms with E-state index in [0.29, 0.717) is 18.7 Å². The van der Waals surface area contributed by atoms with E-state index >= 15 is 0 Å². The van der Waals surface area contributed by atoms with Crippen LogP contribution in [0, 0.1) is 0 Å². The minimum atomic E-state index is -0.566. The van der Waals surface area contributed by atoms with Crippen LogP contribution in [0.2, 0.25) is 0 Å². The number of nitrogens with two attached hydrogens (primary N) is 1. The number of nitrogens with one attached hydrogen (secondary N) is 1. The average molecular weight is 344 g/mol. The molecular weight excluding hydrogens is 320 g/mol. The molecule has 0 saturated heterocycles. The maximum atomic E-state index is 12.0. The van der Waals surface area contributed by atoms with Crippen LogP contribution in [0.15, 0.2) is 60.7 Å². The van der Waals surface area contributed by atoms with E-state index in [2.05, 4.69) is 29.6 Å². The second-order valence-corrected chi connectivity index (χ2v) is 6.65.